The van der Waals surface area contributed by atoms with Crippen LogP contribution in [0.4, 0.5) is 13.2 Å². The standard InChI is InChI=1S/C9H9BrClF3N2O2/c1-5(17)18-3-2-16-6(4-10)7(11)8(15-16)9(12,13)14/h2-4H2,1H3. The summed E-state index contributed by atoms with van der Waals surface area (Å²) in [7, 11) is 0. The molecule has 1 aromatic heterocycles. The van der Waals surface area contributed by atoms with Crippen molar-refractivity contribution in [3.63, 3.8) is 0 Å². The monoisotopic (exact) mass is 348 g/mol. The number of alkyl halides is 4. The smallest absolute Gasteiger partial charge is 0.436 e. The predicted molar refractivity (Wildman–Crippen MR) is 61.5 cm³/mol. The van der Waals surface area contributed by atoms with Gasteiger partial charge in [0.1, 0.15) is 6.61 Å². The third-order valence-corrected chi connectivity index (χ3v) is 2.93. The topological polar surface area (TPSA) is 44.1 Å². The van der Waals surface area contributed by atoms with Crippen LogP contribution in [0.5, 0.6) is 0 Å². The second-order valence-electron chi connectivity index (χ2n) is 3.30. The Morgan fingerprint density at radius 2 is 2.17 bits per heavy atom. The van der Waals surface area contributed by atoms with Crippen molar-refractivity contribution in [2.24, 2.45) is 0 Å². The molecule has 0 aliphatic heterocycles. The van der Waals surface area contributed by atoms with E-state index in [1.165, 1.54) is 6.92 Å². The van der Waals surface area contributed by atoms with E-state index in [0.29, 0.717) is 0 Å². The van der Waals surface area contributed by atoms with Crippen LogP contribution in [0.15, 0.2) is 0 Å². The zero-order valence-corrected chi connectivity index (χ0v) is 11.6. The Labute approximate surface area is 114 Å². The average Bonchev–Trinajstić information content (AvgIpc) is 2.54. The number of carbonyl (C=O) groups excluding carboxylic acids is 1. The molecule has 0 aliphatic rings. The van der Waals surface area contributed by atoms with E-state index in [1.54, 1.807) is 0 Å². The molecule has 0 N–H and O–H groups in total. The molecule has 0 saturated carbocycles. The Balaban J connectivity index is 2.94. The number of halogens is 5. The third-order valence-electron chi connectivity index (χ3n) is 2.00. The maximum Gasteiger partial charge on any atom is 0.436 e. The van der Waals surface area contributed by atoms with E-state index < -0.39 is 22.9 Å². The number of nitrogens with zero attached hydrogens (tertiary/aromatic N) is 2. The van der Waals surface area contributed by atoms with Gasteiger partial charge in [-0.25, -0.2) is 0 Å². The molecule has 0 aromatic carbocycles. The van der Waals surface area contributed by atoms with Crippen molar-refractivity contribution in [3.8, 4) is 0 Å². The number of aromatic nitrogens is 2. The minimum Gasteiger partial charge on any atom is -0.464 e. The highest BCUT2D eigenvalue weighted by Crippen LogP contribution is 2.36. The lowest BCUT2D eigenvalue weighted by Crippen LogP contribution is -2.13. The summed E-state index contributed by atoms with van der Waals surface area (Å²) in [6.45, 7) is 1.16. The molecule has 1 aromatic rings. The molecule has 0 amide bonds. The van der Waals surface area contributed by atoms with Gasteiger partial charge in [0, 0.05) is 12.3 Å². The quantitative estimate of drug-likeness (QED) is 0.620. The Hall–Kier alpha value is -0.760. The molecular formula is C9H9BrClF3N2O2. The third kappa shape index (κ3) is 3.61. The van der Waals surface area contributed by atoms with Gasteiger partial charge >= 0.3 is 12.1 Å². The molecule has 102 valence electrons. The van der Waals surface area contributed by atoms with Crippen LogP contribution in [-0.4, -0.2) is 22.4 Å². The van der Waals surface area contributed by atoms with Crippen LogP contribution >= 0.6 is 27.5 Å². The van der Waals surface area contributed by atoms with Crippen LogP contribution in [0.25, 0.3) is 0 Å². The van der Waals surface area contributed by atoms with Crippen molar-refractivity contribution in [2.45, 2.75) is 25.0 Å². The lowest BCUT2D eigenvalue weighted by molar-refractivity contribution is -0.143. The molecule has 18 heavy (non-hydrogen) atoms. The van der Waals surface area contributed by atoms with E-state index in [4.69, 9.17) is 11.6 Å². The molecule has 4 nitrogen and oxygen atoms in total. The van der Waals surface area contributed by atoms with E-state index in [-0.39, 0.29) is 24.2 Å². The molecule has 0 unspecified atom stereocenters. The van der Waals surface area contributed by atoms with Crippen LogP contribution in [-0.2, 0) is 27.6 Å². The van der Waals surface area contributed by atoms with E-state index in [9.17, 15) is 18.0 Å². The Bertz CT molecular complexity index is 448. The van der Waals surface area contributed by atoms with Crippen molar-refractivity contribution in [1.29, 1.82) is 0 Å². The predicted octanol–water partition coefficient (Wildman–Crippen LogP) is 3.01. The molecule has 0 radical (unpaired) electrons. The Kier molecular flexibility index (Phi) is 5.03. The summed E-state index contributed by atoms with van der Waals surface area (Å²) in [6, 6.07) is 0. The molecule has 1 rings (SSSR count). The van der Waals surface area contributed by atoms with E-state index >= 15 is 0 Å². The van der Waals surface area contributed by atoms with Crippen molar-refractivity contribution in [2.75, 3.05) is 6.61 Å². The van der Waals surface area contributed by atoms with Crippen LogP contribution < -0.4 is 0 Å². The Morgan fingerprint density at radius 3 is 2.61 bits per heavy atom. The van der Waals surface area contributed by atoms with Gasteiger partial charge in [0.15, 0.2) is 5.69 Å². The van der Waals surface area contributed by atoms with Crippen molar-refractivity contribution in [3.05, 3.63) is 16.4 Å². The van der Waals surface area contributed by atoms with Crippen molar-refractivity contribution < 1.29 is 22.7 Å². The van der Waals surface area contributed by atoms with Gasteiger partial charge in [0.25, 0.3) is 0 Å². The molecule has 0 atom stereocenters. The SMILES string of the molecule is CC(=O)OCCn1nc(C(F)(F)F)c(Cl)c1CBr. The van der Waals surface area contributed by atoms with E-state index in [2.05, 4.69) is 25.8 Å². The van der Waals surface area contributed by atoms with Gasteiger partial charge in [-0.3, -0.25) is 9.48 Å². The van der Waals surface area contributed by atoms with Gasteiger partial charge in [0.05, 0.1) is 17.3 Å². The highest BCUT2D eigenvalue weighted by molar-refractivity contribution is 9.08. The zero-order chi connectivity index (χ0) is 13.9. The summed E-state index contributed by atoms with van der Waals surface area (Å²) in [5.41, 5.74) is -0.947. The highest BCUT2D eigenvalue weighted by Gasteiger charge is 2.38. The number of ether oxygens (including phenoxy) is 1. The summed E-state index contributed by atoms with van der Waals surface area (Å²) in [5, 5.41) is 3.06. The molecule has 9 heteroatoms. The lowest BCUT2D eigenvalue weighted by atomic mass is 10.3. The summed E-state index contributed by atoms with van der Waals surface area (Å²) in [4.78, 5) is 10.6. The molecule has 0 saturated heterocycles. The zero-order valence-electron chi connectivity index (χ0n) is 9.22. The lowest BCUT2D eigenvalue weighted by Gasteiger charge is -2.05. The minimum atomic E-state index is -4.61. The van der Waals surface area contributed by atoms with Crippen LogP contribution in [0.3, 0.4) is 0 Å². The first-order valence-electron chi connectivity index (χ1n) is 4.79. The van der Waals surface area contributed by atoms with Gasteiger partial charge in [-0.2, -0.15) is 18.3 Å². The summed E-state index contributed by atoms with van der Waals surface area (Å²) < 4.78 is 43.4. The largest absolute Gasteiger partial charge is 0.464 e. The molecule has 0 spiro atoms. The minimum absolute atomic E-state index is 0.0102. The normalized spacial score (nSPS) is 11.7. The number of hydrogen-bond acceptors (Lipinski definition) is 3. The molecule has 0 bridgehead atoms. The summed E-state index contributed by atoms with van der Waals surface area (Å²) in [5.74, 6) is -0.510. The van der Waals surface area contributed by atoms with Gasteiger partial charge < -0.3 is 4.74 Å². The summed E-state index contributed by atoms with van der Waals surface area (Å²) in [6.07, 6.45) is -4.61. The summed E-state index contributed by atoms with van der Waals surface area (Å²) >= 11 is 8.65. The first-order chi connectivity index (χ1) is 8.27. The van der Waals surface area contributed by atoms with E-state index in [1.807, 2.05) is 0 Å². The molecule has 0 fully saturated rings. The molecule has 0 aliphatic carbocycles. The first kappa shape index (κ1) is 15.3. The fourth-order valence-electron chi connectivity index (χ4n) is 1.24. The fraction of sp³-hybridized carbons (Fsp3) is 0.556. The number of rotatable bonds is 4. The van der Waals surface area contributed by atoms with Crippen LogP contribution in [0.2, 0.25) is 5.02 Å². The first-order valence-corrected chi connectivity index (χ1v) is 6.29. The second-order valence-corrected chi connectivity index (χ2v) is 4.24. The fourth-order valence-corrected chi connectivity index (χ4v) is 2.29. The molecule has 1 heterocycles. The Morgan fingerprint density at radius 1 is 1.56 bits per heavy atom. The van der Waals surface area contributed by atoms with Crippen LogP contribution in [0.1, 0.15) is 18.3 Å². The van der Waals surface area contributed by atoms with Crippen molar-refractivity contribution in [1.82, 2.24) is 9.78 Å². The molecular weight excluding hydrogens is 340 g/mol. The van der Waals surface area contributed by atoms with Crippen molar-refractivity contribution >= 4 is 33.5 Å². The van der Waals surface area contributed by atoms with Gasteiger partial charge in [0.2, 0.25) is 0 Å². The number of esters is 1. The highest BCUT2D eigenvalue weighted by atomic mass is 79.9. The number of hydrogen-bond donors (Lipinski definition) is 0. The average molecular weight is 350 g/mol. The van der Waals surface area contributed by atoms with Gasteiger partial charge in [-0.05, 0) is 0 Å². The van der Waals surface area contributed by atoms with Gasteiger partial charge in [-0.1, -0.05) is 27.5 Å². The van der Waals surface area contributed by atoms with Gasteiger partial charge in [-0.15, -0.1) is 0 Å². The van der Waals surface area contributed by atoms with Crippen LogP contribution in [0, 0.1) is 0 Å². The number of carbonyl (C=O) groups is 1. The maximum atomic E-state index is 12.6. The maximum absolute atomic E-state index is 12.6. The second kappa shape index (κ2) is 5.92. The van der Waals surface area contributed by atoms with E-state index in [0.717, 1.165) is 4.68 Å².